The minimum atomic E-state index is -1.16. The number of amides is 1. The number of ether oxygens (including phenoxy) is 1. The number of aliphatic carboxylic acids is 1. The summed E-state index contributed by atoms with van der Waals surface area (Å²) < 4.78 is 5.34. The smallest absolute Gasteiger partial charge is 0.257 e. The normalized spacial score (nSPS) is 11.5. The van der Waals surface area contributed by atoms with Gasteiger partial charge in [-0.15, -0.1) is 0 Å². The Bertz CT molecular complexity index is 673. The van der Waals surface area contributed by atoms with E-state index in [0.29, 0.717) is 10.8 Å². The number of halogens is 1. The van der Waals surface area contributed by atoms with E-state index in [1.165, 1.54) is 0 Å². The lowest BCUT2D eigenvalue weighted by atomic mass is 9.96. The standard InChI is InChI=1S/C18H18ClNO4/c19-15-6-8-16(9-7-15)24-12-17(21)20-11-14(10-18(22)23)13-4-2-1-3-5-13/h1-9,14H,10-12H2,(H,20,21)(H,22,23)/p-1/t14-/m0/s1. The van der Waals surface area contributed by atoms with Gasteiger partial charge >= 0.3 is 0 Å². The van der Waals surface area contributed by atoms with Crippen LogP contribution in [0.15, 0.2) is 54.6 Å². The number of carbonyl (C=O) groups excluding carboxylic acids is 2. The zero-order chi connectivity index (χ0) is 17.4. The van der Waals surface area contributed by atoms with E-state index in [1.807, 2.05) is 30.3 Å². The first-order valence-electron chi connectivity index (χ1n) is 7.44. The Morgan fingerprint density at radius 2 is 1.75 bits per heavy atom. The molecule has 126 valence electrons. The summed E-state index contributed by atoms with van der Waals surface area (Å²) in [4.78, 5) is 22.8. The summed E-state index contributed by atoms with van der Waals surface area (Å²) >= 11 is 5.77. The van der Waals surface area contributed by atoms with Crippen molar-refractivity contribution >= 4 is 23.5 Å². The molecule has 1 amide bonds. The molecule has 0 spiro atoms. The summed E-state index contributed by atoms with van der Waals surface area (Å²) in [6.07, 6.45) is -0.164. The van der Waals surface area contributed by atoms with Crippen molar-refractivity contribution < 1.29 is 19.4 Å². The lowest BCUT2D eigenvalue weighted by Gasteiger charge is -2.18. The van der Waals surface area contributed by atoms with Crippen molar-refractivity contribution in [2.75, 3.05) is 13.2 Å². The maximum absolute atomic E-state index is 11.9. The topological polar surface area (TPSA) is 78.5 Å². The Labute approximate surface area is 145 Å². The van der Waals surface area contributed by atoms with Gasteiger partial charge in [0.2, 0.25) is 0 Å². The van der Waals surface area contributed by atoms with Gasteiger partial charge in [-0.05, 0) is 36.2 Å². The van der Waals surface area contributed by atoms with E-state index >= 15 is 0 Å². The maximum Gasteiger partial charge on any atom is 0.257 e. The molecule has 0 saturated heterocycles. The first-order valence-corrected chi connectivity index (χ1v) is 7.82. The molecule has 2 aromatic carbocycles. The van der Waals surface area contributed by atoms with Gasteiger partial charge in [0.25, 0.3) is 5.91 Å². The van der Waals surface area contributed by atoms with Gasteiger partial charge in [-0.25, -0.2) is 0 Å². The highest BCUT2D eigenvalue weighted by Crippen LogP contribution is 2.18. The molecule has 24 heavy (non-hydrogen) atoms. The summed E-state index contributed by atoms with van der Waals surface area (Å²) in [5.41, 5.74) is 0.834. The number of carbonyl (C=O) groups is 2. The average molecular weight is 347 g/mol. The van der Waals surface area contributed by atoms with E-state index in [1.54, 1.807) is 24.3 Å². The quantitative estimate of drug-likeness (QED) is 0.790. The van der Waals surface area contributed by atoms with Crippen molar-refractivity contribution in [2.24, 2.45) is 0 Å². The lowest BCUT2D eigenvalue weighted by molar-refractivity contribution is -0.306. The fraction of sp³-hybridized carbons (Fsp3) is 0.222. The Kier molecular flexibility index (Phi) is 6.63. The highest BCUT2D eigenvalue weighted by molar-refractivity contribution is 6.30. The molecule has 0 radical (unpaired) electrons. The molecule has 0 aliphatic carbocycles. The third-order valence-electron chi connectivity index (χ3n) is 3.41. The molecule has 1 N–H and O–H groups in total. The van der Waals surface area contributed by atoms with Crippen molar-refractivity contribution in [1.29, 1.82) is 0 Å². The van der Waals surface area contributed by atoms with Crippen molar-refractivity contribution in [3.8, 4) is 5.75 Å². The molecule has 0 aliphatic rings. The predicted octanol–water partition coefficient (Wildman–Crippen LogP) is 1.76. The van der Waals surface area contributed by atoms with Gasteiger partial charge in [-0.2, -0.15) is 0 Å². The number of nitrogens with one attached hydrogen (secondary N) is 1. The van der Waals surface area contributed by atoms with Crippen LogP contribution in [0.25, 0.3) is 0 Å². The van der Waals surface area contributed by atoms with Gasteiger partial charge in [-0.3, -0.25) is 4.79 Å². The summed E-state index contributed by atoms with van der Waals surface area (Å²) in [6, 6.07) is 15.8. The van der Waals surface area contributed by atoms with Crippen LogP contribution in [0.1, 0.15) is 17.9 Å². The lowest BCUT2D eigenvalue weighted by Crippen LogP contribution is -2.34. The molecule has 5 nitrogen and oxygen atoms in total. The Morgan fingerprint density at radius 1 is 1.08 bits per heavy atom. The van der Waals surface area contributed by atoms with E-state index in [9.17, 15) is 14.7 Å². The SMILES string of the molecule is O=C([O-])C[C@@H](CNC(=O)COc1ccc(Cl)cc1)c1ccccc1. The molecule has 0 fully saturated rings. The monoisotopic (exact) mass is 346 g/mol. The molecule has 2 rings (SSSR count). The molecule has 6 heteroatoms. The van der Waals surface area contributed by atoms with Crippen LogP contribution in [-0.4, -0.2) is 25.0 Å². The number of rotatable bonds is 8. The zero-order valence-electron chi connectivity index (χ0n) is 12.9. The van der Waals surface area contributed by atoms with Crippen molar-refractivity contribution in [1.82, 2.24) is 5.32 Å². The molecule has 0 bridgehead atoms. The molecular formula is C18H17ClNO4-. The molecule has 1 atom stereocenters. The highest BCUT2D eigenvalue weighted by Gasteiger charge is 2.13. The van der Waals surface area contributed by atoms with Gasteiger partial charge in [-0.1, -0.05) is 41.9 Å². The van der Waals surface area contributed by atoms with E-state index in [4.69, 9.17) is 16.3 Å². The maximum atomic E-state index is 11.9. The summed E-state index contributed by atoms with van der Waals surface area (Å²) in [7, 11) is 0. The van der Waals surface area contributed by atoms with Crippen molar-refractivity contribution in [2.45, 2.75) is 12.3 Å². The molecule has 0 saturated carbocycles. The fourth-order valence-corrected chi connectivity index (χ4v) is 2.33. The molecule has 0 aromatic heterocycles. The fourth-order valence-electron chi connectivity index (χ4n) is 2.20. The number of carboxylic acid groups (broad SMARTS) is 1. The van der Waals surface area contributed by atoms with Crippen molar-refractivity contribution in [3.05, 3.63) is 65.2 Å². The van der Waals surface area contributed by atoms with Crippen LogP contribution in [0.3, 0.4) is 0 Å². The van der Waals surface area contributed by atoms with Crippen LogP contribution in [0.4, 0.5) is 0 Å². The third kappa shape index (κ3) is 5.93. The number of hydrogen-bond donors (Lipinski definition) is 1. The van der Waals surface area contributed by atoms with E-state index in [2.05, 4.69) is 5.32 Å². The minimum Gasteiger partial charge on any atom is -0.550 e. The van der Waals surface area contributed by atoms with Crippen molar-refractivity contribution in [3.63, 3.8) is 0 Å². The van der Waals surface area contributed by atoms with Gasteiger partial charge in [0, 0.05) is 23.5 Å². The average Bonchev–Trinajstić information content (AvgIpc) is 2.58. The molecule has 0 heterocycles. The summed E-state index contributed by atoms with van der Waals surface area (Å²) in [5.74, 6) is -1.31. The number of benzene rings is 2. The number of hydrogen-bond acceptors (Lipinski definition) is 4. The van der Waals surface area contributed by atoms with E-state index < -0.39 is 5.97 Å². The van der Waals surface area contributed by atoms with Crippen LogP contribution < -0.4 is 15.2 Å². The third-order valence-corrected chi connectivity index (χ3v) is 3.67. The Morgan fingerprint density at radius 3 is 2.38 bits per heavy atom. The first kappa shape index (κ1) is 17.8. The Hall–Kier alpha value is -2.53. The van der Waals surface area contributed by atoms with Crippen LogP contribution in [0.5, 0.6) is 5.75 Å². The van der Waals surface area contributed by atoms with Gasteiger partial charge in [0.1, 0.15) is 5.75 Å². The Balaban J connectivity index is 1.85. The van der Waals surface area contributed by atoms with Crippen LogP contribution >= 0.6 is 11.6 Å². The number of carboxylic acids is 1. The summed E-state index contributed by atoms with van der Waals surface area (Å²) in [5, 5.41) is 14.2. The summed E-state index contributed by atoms with van der Waals surface area (Å²) in [6.45, 7) is 0.0370. The minimum absolute atomic E-state index is 0.158. The second-order valence-electron chi connectivity index (χ2n) is 5.23. The molecule has 0 aliphatic heterocycles. The van der Waals surface area contributed by atoms with Crippen LogP contribution in [-0.2, 0) is 9.59 Å². The molecule has 2 aromatic rings. The second kappa shape index (κ2) is 8.93. The van der Waals surface area contributed by atoms with Crippen LogP contribution in [0.2, 0.25) is 5.02 Å². The highest BCUT2D eigenvalue weighted by atomic mass is 35.5. The second-order valence-corrected chi connectivity index (χ2v) is 5.67. The van der Waals surface area contributed by atoms with E-state index in [-0.39, 0.29) is 31.4 Å². The van der Waals surface area contributed by atoms with Crippen LogP contribution in [0, 0.1) is 0 Å². The van der Waals surface area contributed by atoms with Gasteiger partial charge in [0.05, 0.1) is 0 Å². The van der Waals surface area contributed by atoms with E-state index in [0.717, 1.165) is 5.56 Å². The predicted molar refractivity (Wildman–Crippen MR) is 88.8 cm³/mol. The zero-order valence-corrected chi connectivity index (χ0v) is 13.7. The largest absolute Gasteiger partial charge is 0.550 e. The molecule has 0 unspecified atom stereocenters. The first-order chi connectivity index (χ1) is 11.5. The van der Waals surface area contributed by atoms with Gasteiger partial charge in [0.15, 0.2) is 6.61 Å². The molecular weight excluding hydrogens is 330 g/mol. The van der Waals surface area contributed by atoms with Gasteiger partial charge < -0.3 is 20.0 Å².